The van der Waals surface area contributed by atoms with E-state index >= 15 is 0 Å². The highest BCUT2D eigenvalue weighted by atomic mass is 32.9. The summed E-state index contributed by atoms with van der Waals surface area (Å²) < 4.78 is 10.3. The Morgan fingerprint density at radius 1 is 0.760 bits per heavy atom. The summed E-state index contributed by atoms with van der Waals surface area (Å²) in [5, 5.41) is 1.99. The Balaban J connectivity index is 1.64. The molecule has 0 fully saturated rings. The number of hydrogen-bond donors (Lipinski definition) is 0. The maximum Gasteiger partial charge on any atom is 0.341 e. The topological polar surface area (TPSA) is 31.4 Å². The van der Waals surface area contributed by atoms with E-state index in [1.807, 2.05) is 60.7 Å². The van der Waals surface area contributed by atoms with Gasteiger partial charge in [-0.2, -0.15) is 4.98 Å². The molecular formula is C20H18NO2S2+. The summed E-state index contributed by atoms with van der Waals surface area (Å²) in [7, 11) is 6.67. The zero-order valence-electron chi connectivity index (χ0n) is 14.0. The van der Waals surface area contributed by atoms with Crippen molar-refractivity contribution in [3.63, 3.8) is 0 Å². The van der Waals surface area contributed by atoms with Gasteiger partial charge in [-0.15, -0.1) is 0 Å². The molecule has 0 amide bonds. The number of aromatic nitrogens is 1. The molecule has 0 saturated heterocycles. The van der Waals surface area contributed by atoms with Crippen LogP contribution in [0, 0.1) is 0 Å². The third-order valence-electron chi connectivity index (χ3n) is 3.50. The van der Waals surface area contributed by atoms with Crippen molar-refractivity contribution in [2.24, 2.45) is 0 Å². The molecule has 0 saturated carbocycles. The van der Waals surface area contributed by atoms with Gasteiger partial charge in [0.15, 0.2) is 15.3 Å². The lowest BCUT2D eigenvalue weighted by Gasteiger charge is -1.98. The van der Waals surface area contributed by atoms with E-state index in [0.29, 0.717) is 0 Å². The van der Waals surface area contributed by atoms with Crippen molar-refractivity contribution in [3.8, 4) is 11.5 Å². The number of benzene rings is 2. The van der Waals surface area contributed by atoms with E-state index in [9.17, 15) is 0 Å². The monoisotopic (exact) mass is 368 g/mol. The molecule has 0 aliphatic heterocycles. The summed E-state index contributed by atoms with van der Waals surface area (Å²) in [6, 6.07) is 15.9. The van der Waals surface area contributed by atoms with E-state index < -0.39 is 0 Å². The Kier molecular flexibility index (Phi) is 5.93. The molecule has 0 spiro atoms. The highest BCUT2D eigenvalue weighted by molar-refractivity contribution is 7.69. The molecule has 3 aromatic rings. The zero-order chi connectivity index (χ0) is 17.5. The average Bonchev–Trinajstić information content (AvgIpc) is 3.13. The fourth-order valence-corrected chi connectivity index (χ4v) is 3.94. The molecular weight excluding hydrogens is 350 g/mol. The predicted octanol–water partition coefficient (Wildman–Crippen LogP) is 5.84. The van der Waals surface area contributed by atoms with Crippen LogP contribution in [0.25, 0.3) is 24.3 Å². The molecule has 0 unspecified atom stereocenters. The average molecular weight is 369 g/mol. The normalized spacial score (nSPS) is 11.3. The third-order valence-corrected chi connectivity index (χ3v) is 5.66. The molecule has 0 radical (unpaired) electrons. The summed E-state index contributed by atoms with van der Waals surface area (Å²) in [5.41, 5.74) is 2.24. The summed E-state index contributed by atoms with van der Waals surface area (Å²) in [6.45, 7) is 0. The molecule has 1 heterocycles. The molecule has 0 aliphatic carbocycles. The quantitative estimate of drug-likeness (QED) is 0.404. The van der Waals surface area contributed by atoms with Crippen molar-refractivity contribution in [3.05, 3.63) is 69.7 Å². The maximum atomic E-state index is 5.16. The van der Waals surface area contributed by atoms with Crippen LogP contribution >= 0.6 is 20.7 Å². The van der Waals surface area contributed by atoms with Crippen LogP contribution in [0.5, 0.6) is 11.5 Å². The minimum Gasteiger partial charge on any atom is -0.497 e. The lowest BCUT2D eigenvalue weighted by atomic mass is 10.2. The molecule has 5 heteroatoms. The van der Waals surface area contributed by atoms with E-state index in [1.165, 1.54) is 0 Å². The van der Waals surface area contributed by atoms with Crippen molar-refractivity contribution in [1.82, 2.24) is 4.98 Å². The molecule has 3 rings (SSSR count). The highest BCUT2D eigenvalue weighted by Crippen LogP contribution is 2.23. The van der Waals surface area contributed by atoms with Crippen LogP contribution in [0.2, 0.25) is 0 Å². The number of methoxy groups -OCH3 is 2. The SMILES string of the molecule is COc1ccc(C=Cc2nc(/C=C/c3ccc(OC)cc3)s[s+]2)cc1. The Morgan fingerprint density at radius 2 is 1.28 bits per heavy atom. The van der Waals surface area contributed by atoms with Crippen molar-refractivity contribution in [1.29, 1.82) is 0 Å². The van der Waals surface area contributed by atoms with Crippen LogP contribution in [0.3, 0.4) is 0 Å². The molecule has 0 atom stereocenters. The first-order valence-corrected chi connectivity index (χ1v) is 9.86. The molecule has 0 bridgehead atoms. The van der Waals surface area contributed by atoms with Gasteiger partial charge in [-0.1, -0.05) is 30.3 Å². The van der Waals surface area contributed by atoms with Crippen molar-refractivity contribution >= 4 is 45.0 Å². The lowest BCUT2D eigenvalue weighted by Crippen LogP contribution is -1.81. The Morgan fingerprint density at radius 3 is 1.80 bits per heavy atom. The van der Waals surface area contributed by atoms with Gasteiger partial charge in [0.05, 0.1) is 14.2 Å². The first-order valence-electron chi connectivity index (χ1n) is 7.71. The second kappa shape index (κ2) is 8.55. The molecule has 25 heavy (non-hydrogen) atoms. The van der Waals surface area contributed by atoms with Gasteiger partial charge in [0.1, 0.15) is 11.5 Å². The van der Waals surface area contributed by atoms with Gasteiger partial charge in [0.2, 0.25) is 0 Å². The molecule has 1 aromatic heterocycles. The number of nitrogens with zero attached hydrogens (tertiary/aromatic N) is 1. The number of hydrogen-bond acceptors (Lipinski definition) is 4. The third kappa shape index (κ3) is 4.98. The van der Waals surface area contributed by atoms with Crippen molar-refractivity contribution in [2.75, 3.05) is 14.2 Å². The second-order valence-electron chi connectivity index (χ2n) is 5.17. The van der Waals surface area contributed by atoms with Crippen LogP contribution in [0.15, 0.2) is 48.5 Å². The van der Waals surface area contributed by atoms with E-state index in [-0.39, 0.29) is 0 Å². The van der Waals surface area contributed by atoms with Gasteiger partial charge in [-0.3, -0.25) is 0 Å². The number of rotatable bonds is 6. The van der Waals surface area contributed by atoms with Crippen molar-refractivity contribution < 1.29 is 9.47 Å². The summed E-state index contributed by atoms with van der Waals surface area (Å²) in [4.78, 5) is 4.62. The van der Waals surface area contributed by atoms with E-state index in [0.717, 1.165) is 32.6 Å². The van der Waals surface area contributed by atoms with Gasteiger partial charge in [0, 0.05) is 6.08 Å². The highest BCUT2D eigenvalue weighted by Gasteiger charge is 2.10. The number of ether oxygens (including phenoxy) is 2. The lowest BCUT2D eigenvalue weighted by molar-refractivity contribution is 0.414. The van der Waals surface area contributed by atoms with Gasteiger partial charge >= 0.3 is 15.3 Å². The van der Waals surface area contributed by atoms with Crippen LogP contribution < -0.4 is 9.47 Å². The van der Waals surface area contributed by atoms with Gasteiger partial charge < -0.3 is 9.47 Å². The molecule has 3 nitrogen and oxygen atoms in total. The summed E-state index contributed by atoms with van der Waals surface area (Å²) in [6.07, 6.45) is 8.19. The van der Waals surface area contributed by atoms with E-state index in [4.69, 9.17) is 9.47 Å². The molecule has 0 aliphatic rings. The minimum absolute atomic E-state index is 0.861. The zero-order valence-corrected chi connectivity index (χ0v) is 15.6. The first kappa shape index (κ1) is 17.3. The smallest absolute Gasteiger partial charge is 0.341 e. The summed E-state index contributed by atoms with van der Waals surface area (Å²) in [5.74, 6) is 1.72. The Labute approximate surface area is 154 Å². The van der Waals surface area contributed by atoms with Crippen LogP contribution in [-0.4, -0.2) is 19.2 Å². The van der Waals surface area contributed by atoms with Crippen LogP contribution in [0.1, 0.15) is 21.1 Å². The molecule has 126 valence electrons. The maximum absolute atomic E-state index is 5.16. The minimum atomic E-state index is 0.861. The fraction of sp³-hybridized carbons (Fsp3) is 0.100. The Hall–Kier alpha value is -2.50. The van der Waals surface area contributed by atoms with Crippen LogP contribution in [0.4, 0.5) is 0 Å². The van der Waals surface area contributed by atoms with Crippen molar-refractivity contribution in [2.45, 2.75) is 0 Å². The summed E-state index contributed by atoms with van der Waals surface area (Å²) >= 11 is 0. The van der Waals surface area contributed by atoms with Gasteiger partial charge in [-0.25, -0.2) is 0 Å². The molecule has 2 aromatic carbocycles. The van der Waals surface area contributed by atoms with Gasteiger partial charge in [0.25, 0.3) is 0 Å². The Bertz CT molecular complexity index is 793. The largest absolute Gasteiger partial charge is 0.497 e. The van der Waals surface area contributed by atoms with Gasteiger partial charge in [-0.05, 0) is 47.5 Å². The second-order valence-corrected chi connectivity index (χ2v) is 7.34. The van der Waals surface area contributed by atoms with Crippen LogP contribution in [-0.2, 0) is 0 Å². The fourth-order valence-electron chi connectivity index (χ4n) is 2.13. The van der Waals surface area contributed by atoms with E-state index in [1.54, 1.807) is 34.9 Å². The molecule has 0 N–H and O–H groups in total. The van der Waals surface area contributed by atoms with E-state index in [2.05, 4.69) is 17.1 Å². The predicted molar refractivity (Wildman–Crippen MR) is 108 cm³/mol. The standard InChI is InChI=1S/C20H18NO2S2/c1-22-17-9-3-15(4-10-17)7-13-19-21-20(25-24-19)14-8-16-5-11-18(23-2)12-6-16/h3-14H,1-2H3/q+1/b13-7+,14-8?. The first-order chi connectivity index (χ1) is 12.3.